The van der Waals surface area contributed by atoms with E-state index in [1.165, 1.54) is 0 Å². The summed E-state index contributed by atoms with van der Waals surface area (Å²) in [5, 5.41) is 0. The van der Waals surface area contributed by atoms with Crippen molar-refractivity contribution in [2.24, 2.45) is 5.73 Å². The van der Waals surface area contributed by atoms with E-state index in [0.717, 1.165) is 16.9 Å². The van der Waals surface area contributed by atoms with Crippen LogP contribution in [0.15, 0.2) is 53.4 Å². The van der Waals surface area contributed by atoms with Gasteiger partial charge < -0.3 is 10.6 Å². The van der Waals surface area contributed by atoms with Gasteiger partial charge in [0.2, 0.25) is 0 Å². The summed E-state index contributed by atoms with van der Waals surface area (Å²) in [6.07, 6.45) is 0. The van der Waals surface area contributed by atoms with Gasteiger partial charge in [0.15, 0.2) is 9.84 Å². The monoisotopic (exact) mass is 304 g/mol. The zero-order valence-electron chi connectivity index (χ0n) is 12.3. The van der Waals surface area contributed by atoms with Crippen LogP contribution in [-0.2, 0) is 16.4 Å². The fourth-order valence-electron chi connectivity index (χ4n) is 2.08. The van der Waals surface area contributed by atoms with Crippen molar-refractivity contribution in [1.82, 2.24) is 0 Å². The Morgan fingerprint density at radius 2 is 1.71 bits per heavy atom. The Bertz CT molecular complexity index is 709. The molecule has 2 aromatic rings. The molecule has 0 bridgehead atoms. The van der Waals surface area contributed by atoms with Gasteiger partial charge in [-0.15, -0.1) is 0 Å². The maximum Gasteiger partial charge on any atom is 0.178 e. The Morgan fingerprint density at radius 1 is 1.05 bits per heavy atom. The molecule has 0 saturated heterocycles. The van der Waals surface area contributed by atoms with Crippen LogP contribution in [-0.4, -0.2) is 21.2 Å². The molecule has 0 unspecified atom stereocenters. The van der Waals surface area contributed by atoms with Crippen LogP contribution in [0, 0.1) is 0 Å². The van der Waals surface area contributed by atoms with Crippen LogP contribution in [0.5, 0.6) is 0 Å². The van der Waals surface area contributed by atoms with Crippen LogP contribution in [0.3, 0.4) is 0 Å². The second-order valence-corrected chi connectivity index (χ2v) is 7.11. The lowest BCUT2D eigenvalue weighted by Crippen LogP contribution is -2.11. The standard InChI is InChI=1S/C16H20N2O2S/c1-3-21(19,20)16-9-7-14(8-10-16)18(2)15-6-4-5-13(11-15)12-17/h4-11H,3,12,17H2,1-2H3. The third-order valence-electron chi connectivity index (χ3n) is 3.50. The molecular formula is C16H20N2O2S. The SMILES string of the molecule is CCS(=O)(=O)c1ccc(N(C)c2cccc(CN)c2)cc1. The third-order valence-corrected chi connectivity index (χ3v) is 5.25. The summed E-state index contributed by atoms with van der Waals surface area (Å²) in [7, 11) is -1.21. The van der Waals surface area contributed by atoms with Gasteiger partial charge in [-0.3, -0.25) is 0 Å². The van der Waals surface area contributed by atoms with E-state index in [1.54, 1.807) is 19.1 Å². The van der Waals surface area contributed by atoms with Crippen LogP contribution in [0.2, 0.25) is 0 Å². The average molecular weight is 304 g/mol. The van der Waals surface area contributed by atoms with Crippen molar-refractivity contribution < 1.29 is 8.42 Å². The smallest absolute Gasteiger partial charge is 0.178 e. The molecule has 2 aromatic carbocycles. The Hall–Kier alpha value is -1.85. The molecule has 0 heterocycles. The molecule has 0 aliphatic heterocycles. The summed E-state index contributed by atoms with van der Waals surface area (Å²) in [5.41, 5.74) is 8.66. The van der Waals surface area contributed by atoms with Crippen LogP contribution < -0.4 is 10.6 Å². The maximum atomic E-state index is 11.8. The molecule has 4 nitrogen and oxygen atoms in total. The van der Waals surface area contributed by atoms with Crippen molar-refractivity contribution in [2.45, 2.75) is 18.4 Å². The van der Waals surface area contributed by atoms with Gasteiger partial charge in [0, 0.05) is 25.0 Å². The second kappa shape index (κ2) is 6.28. The van der Waals surface area contributed by atoms with Crippen LogP contribution >= 0.6 is 0 Å². The highest BCUT2D eigenvalue weighted by molar-refractivity contribution is 7.91. The van der Waals surface area contributed by atoms with Gasteiger partial charge in [0.05, 0.1) is 10.6 Å². The summed E-state index contributed by atoms with van der Waals surface area (Å²) in [6.45, 7) is 2.14. The molecular weight excluding hydrogens is 284 g/mol. The molecule has 0 aliphatic carbocycles. The van der Waals surface area contributed by atoms with E-state index in [4.69, 9.17) is 5.73 Å². The Balaban J connectivity index is 2.29. The molecule has 0 radical (unpaired) electrons. The molecule has 0 amide bonds. The lowest BCUT2D eigenvalue weighted by atomic mass is 10.2. The lowest BCUT2D eigenvalue weighted by molar-refractivity contribution is 0.597. The van der Waals surface area contributed by atoms with Crippen molar-refractivity contribution in [1.29, 1.82) is 0 Å². The molecule has 0 aromatic heterocycles. The van der Waals surface area contributed by atoms with Gasteiger partial charge in [-0.05, 0) is 42.0 Å². The second-order valence-electron chi connectivity index (χ2n) is 4.83. The minimum Gasteiger partial charge on any atom is -0.345 e. The Morgan fingerprint density at radius 3 is 2.29 bits per heavy atom. The number of hydrogen-bond donors (Lipinski definition) is 1. The summed E-state index contributed by atoms with van der Waals surface area (Å²) in [6, 6.07) is 14.9. The van der Waals surface area contributed by atoms with E-state index < -0.39 is 9.84 Å². The molecule has 0 fully saturated rings. The van der Waals surface area contributed by atoms with Gasteiger partial charge in [-0.25, -0.2) is 8.42 Å². The van der Waals surface area contributed by atoms with E-state index in [0.29, 0.717) is 11.4 Å². The van der Waals surface area contributed by atoms with Gasteiger partial charge in [-0.2, -0.15) is 0 Å². The number of sulfone groups is 1. The number of nitrogens with zero attached hydrogens (tertiary/aromatic N) is 1. The first kappa shape index (κ1) is 15.5. The summed E-state index contributed by atoms with van der Waals surface area (Å²) < 4.78 is 23.6. The van der Waals surface area contributed by atoms with E-state index in [9.17, 15) is 8.42 Å². The topological polar surface area (TPSA) is 63.4 Å². The van der Waals surface area contributed by atoms with Crippen molar-refractivity contribution in [3.8, 4) is 0 Å². The predicted molar refractivity (Wildman–Crippen MR) is 86.6 cm³/mol. The number of rotatable bonds is 5. The number of anilines is 2. The first-order valence-corrected chi connectivity index (χ1v) is 8.48. The minimum absolute atomic E-state index is 0.112. The molecule has 2 rings (SSSR count). The zero-order chi connectivity index (χ0) is 15.5. The van der Waals surface area contributed by atoms with Crippen molar-refractivity contribution in [3.63, 3.8) is 0 Å². The maximum absolute atomic E-state index is 11.8. The Labute approximate surface area is 126 Å². The summed E-state index contributed by atoms with van der Waals surface area (Å²) >= 11 is 0. The normalized spacial score (nSPS) is 11.4. The van der Waals surface area contributed by atoms with Crippen LogP contribution in [0.25, 0.3) is 0 Å². The van der Waals surface area contributed by atoms with Gasteiger partial charge in [-0.1, -0.05) is 19.1 Å². The zero-order valence-corrected chi connectivity index (χ0v) is 13.1. The van der Waals surface area contributed by atoms with E-state index in [-0.39, 0.29) is 5.75 Å². The van der Waals surface area contributed by atoms with Gasteiger partial charge in [0.25, 0.3) is 0 Å². The molecule has 5 heteroatoms. The number of nitrogens with two attached hydrogens (primary N) is 1. The quantitative estimate of drug-likeness (QED) is 0.922. The number of hydrogen-bond acceptors (Lipinski definition) is 4. The fourth-order valence-corrected chi connectivity index (χ4v) is 2.97. The number of benzene rings is 2. The van der Waals surface area contributed by atoms with E-state index in [2.05, 4.69) is 0 Å². The molecule has 0 atom stereocenters. The molecule has 0 spiro atoms. The predicted octanol–water partition coefficient (Wildman–Crippen LogP) is 2.71. The largest absolute Gasteiger partial charge is 0.345 e. The Kier molecular flexibility index (Phi) is 4.65. The summed E-state index contributed by atoms with van der Waals surface area (Å²) in [4.78, 5) is 2.36. The van der Waals surface area contributed by atoms with E-state index >= 15 is 0 Å². The first-order chi connectivity index (χ1) is 9.97. The van der Waals surface area contributed by atoms with Crippen LogP contribution in [0.4, 0.5) is 11.4 Å². The third kappa shape index (κ3) is 3.43. The first-order valence-electron chi connectivity index (χ1n) is 6.83. The molecule has 2 N–H and O–H groups in total. The van der Waals surface area contributed by atoms with Gasteiger partial charge >= 0.3 is 0 Å². The lowest BCUT2D eigenvalue weighted by Gasteiger charge is -2.20. The van der Waals surface area contributed by atoms with Crippen molar-refractivity contribution in [2.75, 3.05) is 17.7 Å². The average Bonchev–Trinajstić information content (AvgIpc) is 2.54. The highest BCUT2D eigenvalue weighted by Crippen LogP contribution is 2.25. The van der Waals surface area contributed by atoms with Gasteiger partial charge in [0.1, 0.15) is 0 Å². The summed E-state index contributed by atoms with van der Waals surface area (Å²) in [5.74, 6) is 0.112. The molecule has 0 saturated carbocycles. The molecule has 21 heavy (non-hydrogen) atoms. The highest BCUT2D eigenvalue weighted by Gasteiger charge is 2.12. The minimum atomic E-state index is -3.15. The fraction of sp³-hybridized carbons (Fsp3) is 0.250. The molecule has 0 aliphatic rings. The van der Waals surface area contributed by atoms with E-state index in [1.807, 2.05) is 48.3 Å². The highest BCUT2D eigenvalue weighted by atomic mass is 32.2. The van der Waals surface area contributed by atoms with Crippen molar-refractivity contribution in [3.05, 3.63) is 54.1 Å². The van der Waals surface area contributed by atoms with Crippen LogP contribution in [0.1, 0.15) is 12.5 Å². The van der Waals surface area contributed by atoms with Crippen molar-refractivity contribution >= 4 is 21.2 Å². The molecule has 112 valence electrons.